The van der Waals surface area contributed by atoms with Gasteiger partial charge in [-0.25, -0.2) is 0 Å². The van der Waals surface area contributed by atoms with Crippen molar-refractivity contribution in [2.75, 3.05) is 13.1 Å². The fourth-order valence-electron chi connectivity index (χ4n) is 2.32. The molecule has 0 amide bonds. The van der Waals surface area contributed by atoms with Crippen LogP contribution in [0.1, 0.15) is 25.0 Å². The van der Waals surface area contributed by atoms with Crippen LogP contribution >= 0.6 is 0 Å². The molecule has 0 unspecified atom stereocenters. The van der Waals surface area contributed by atoms with E-state index in [9.17, 15) is 0 Å². The summed E-state index contributed by atoms with van der Waals surface area (Å²) in [5, 5.41) is 3.52. The molecule has 16 heavy (non-hydrogen) atoms. The Hall–Kier alpha value is -0.860. The third-order valence-corrected chi connectivity index (χ3v) is 3.53. The van der Waals surface area contributed by atoms with Crippen LogP contribution < -0.4 is 5.32 Å². The summed E-state index contributed by atoms with van der Waals surface area (Å²) >= 11 is 0. The molecule has 88 valence electrons. The minimum Gasteiger partial charge on any atom is -0.311 e. The van der Waals surface area contributed by atoms with Gasteiger partial charge in [-0.2, -0.15) is 0 Å². The van der Waals surface area contributed by atoms with Crippen molar-refractivity contribution in [3.05, 3.63) is 35.4 Å². The van der Waals surface area contributed by atoms with Crippen LogP contribution in [-0.2, 0) is 6.54 Å². The van der Waals surface area contributed by atoms with E-state index in [2.05, 4.69) is 55.3 Å². The number of nitrogens with one attached hydrogen (secondary N) is 1. The van der Waals surface area contributed by atoms with Gasteiger partial charge in [0, 0.05) is 31.7 Å². The predicted octanol–water partition coefficient (Wildman–Crippen LogP) is 2.18. The minimum atomic E-state index is 0.611. The highest BCUT2D eigenvalue weighted by Gasteiger charge is 2.22. The van der Waals surface area contributed by atoms with Gasteiger partial charge >= 0.3 is 0 Å². The zero-order valence-corrected chi connectivity index (χ0v) is 10.5. The maximum atomic E-state index is 3.52. The summed E-state index contributed by atoms with van der Waals surface area (Å²) in [6.07, 6.45) is 0. The lowest BCUT2D eigenvalue weighted by atomic mass is 10.1. The van der Waals surface area contributed by atoms with E-state index in [4.69, 9.17) is 0 Å². The summed E-state index contributed by atoms with van der Waals surface area (Å²) in [6.45, 7) is 10.1. The van der Waals surface area contributed by atoms with Crippen molar-refractivity contribution in [3.8, 4) is 0 Å². The Balaban J connectivity index is 2.06. The number of hydrogen-bond donors (Lipinski definition) is 1. The lowest BCUT2D eigenvalue weighted by molar-refractivity contribution is 0.138. The van der Waals surface area contributed by atoms with Gasteiger partial charge in [0.2, 0.25) is 0 Å². The first kappa shape index (κ1) is 11.6. The van der Waals surface area contributed by atoms with E-state index in [1.807, 2.05) is 0 Å². The number of benzene rings is 1. The molecule has 1 fully saturated rings. The van der Waals surface area contributed by atoms with Crippen molar-refractivity contribution in [1.82, 2.24) is 10.2 Å². The zero-order chi connectivity index (χ0) is 11.5. The highest BCUT2D eigenvalue weighted by atomic mass is 15.2. The number of aryl methyl sites for hydroxylation is 1. The van der Waals surface area contributed by atoms with E-state index >= 15 is 0 Å². The molecule has 0 aromatic heterocycles. The summed E-state index contributed by atoms with van der Waals surface area (Å²) in [4.78, 5) is 2.57. The second kappa shape index (κ2) is 4.98. The topological polar surface area (TPSA) is 15.3 Å². The van der Waals surface area contributed by atoms with Crippen LogP contribution in [0.5, 0.6) is 0 Å². The molecule has 2 rings (SSSR count). The molecule has 1 saturated heterocycles. The molecule has 2 atom stereocenters. The first-order valence-corrected chi connectivity index (χ1v) is 6.18. The van der Waals surface area contributed by atoms with Gasteiger partial charge in [-0.05, 0) is 31.9 Å². The van der Waals surface area contributed by atoms with Gasteiger partial charge in [-0.15, -0.1) is 0 Å². The van der Waals surface area contributed by atoms with E-state index in [0.29, 0.717) is 12.1 Å². The second-order valence-corrected chi connectivity index (χ2v) is 5.01. The average Bonchev–Trinajstić information content (AvgIpc) is 2.27. The quantitative estimate of drug-likeness (QED) is 0.818. The molecule has 1 aromatic rings. The van der Waals surface area contributed by atoms with Gasteiger partial charge in [0.25, 0.3) is 0 Å². The molecule has 2 nitrogen and oxygen atoms in total. The summed E-state index contributed by atoms with van der Waals surface area (Å²) in [5.41, 5.74) is 2.87. The average molecular weight is 218 g/mol. The SMILES string of the molecule is Cc1ccccc1CN1C[C@@H](C)NC[C@H]1C. The number of nitrogens with zero attached hydrogens (tertiary/aromatic N) is 1. The second-order valence-electron chi connectivity index (χ2n) is 5.01. The molecule has 1 N–H and O–H groups in total. The van der Waals surface area contributed by atoms with E-state index in [1.165, 1.54) is 11.1 Å². The zero-order valence-electron chi connectivity index (χ0n) is 10.5. The van der Waals surface area contributed by atoms with Crippen molar-refractivity contribution in [2.45, 2.75) is 39.4 Å². The maximum Gasteiger partial charge on any atom is 0.0240 e. The third kappa shape index (κ3) is 2.63. The van der Waals surface area contributed by atoms with Crippen LogP contribution in [0.4, 0.5) is 0 Å². The van der Waals surface area contributed by atoms with Crippen molar-refractivity contribution in [2.24, 2.45) is 0 Å². The van der Waals surface area contributed by atoms with Gasteiger partial charge in [0.1, 0.15) is 0 Å². The lowest BCUT2D eigenvalue weighted by Gasteiger charge is -2.37. The molecule has 1 aliphatic rings. The molecular formula is C14H22N2. The summed E-state index contributed by atoms with van der Waals surface area (Å²) in [7, 11) is 0. The monoisotopic (exact) mass is 218 g/mol. The Kier molecular flexibility index (Phi) is 3.62. The Morgan fingerprint density at radius 1 is 1.31 bits per heavy atom. The van der Waals surface area contributed by atoms with Crippen molar-refractivity contribution >= 4 is 0 Å². The summed E-state index contributed by atoms with van der Waals surface area (Å²) < 4.78 is 0. The first-order valence-electron chi connectivity index (χ1n) is 6.18. The van der Waals surface area contributed by atoms with Crippen molar-refractivity contribution < 1.29 is 0 Å². The van der Waals surface area contributed by atoms with E-state index in [-0.39, 0.29) is 0 Å². The van der Waals surface area contributed by atoms with Gasteiger partial charge < -0.3 is 5.32 Å². The van der Waals surface area contributed by atoms with Gasteiger partial charge in [-0.1, -0.05) is 24.3 Å². The molecule has 2 heteroatoms. The number of rotatable bonds is 2. The van der Waals surface area contributed by atoms with Crippen LogP contribution in [0.25, 0.3) is 0 Å². The molecule has 1 aliphatic heterocycles. The van der Waals surface area contributed by atoms with E-state index in [0.717, 1.165) is 19.6 Å². The van der Waals surface area contributed by atoms with Crippen LogP contribution in [0.3, 0.4) is 0 Å². The maximum absolute atomic E-state index is 3.52. The van der Waals surface area contributed by atoms with Gasteiger partial charge in [0.15, 0.2) is 0 Å². The highest BCUT2D eigenvalue weighted by Crippen LogP contribution is 2.14. The van der Waals surface area contributed by atoms with Gasteiger partial charge in [0.05, 0.1) is 0 Å². The largest absolute Gasteiger partial charge is 0.311 e. The van der Waals surface area contributed by atoms with Crippen LogP contribution in [0.15, 0.2) is 24.3 Å². The molecular weight excluding hydrogens is 196 g/mol. The first-order chi connectivity index (χ1) is 7.66. The normalized spacial score (nSPS) is 26.9. The van der Waals surface area contributed by atoms with Crippen LogP contribution in [-0.4, -0.2) is 30.1 Å². The molecule has 0 bridgehead atoms. The molecule has 0 radical (unpaired) electrons. The molecule has 1 aromatic carbocycles. The molecule has 1 heterocycles. The predicted molar refractivity (Wildman–Crippen MR) is 68.5 cm³/mol. The molecule has 0 saturated carbocycles. The third-order valence-electron chi connectivity index (χ3n) is 3.53. The Bertz CT molecular complexity index is 348. The Labute approximate surface area is 98.7 Å². The lowest BCUT2D eigenvalue weighted by Crippen LogP contribution is -2.53. The van der Waals surface area contributed by atoms with Crippen molar-refractivity contribution in [1.29, 1.82) is 0 Å². The van der Waals surface area contributed by atoms with E-state index < -0.39 is 0 Å². The number of hydrogen-bond acceptors (Lipinski definition) is 2. The Morgan fingerprint density at radius 3 is 2.81 bits per heavy atom. The fraction of sp³-hybridized carbons (Fsp3) is 0.571. The van der Waals surface area contributed by atoms with E-state index in [1.54, 1.807) is 0 Å². The standard InChI is InChI=1S/C14H22N2/c1-11-6-4-5-7-14(11)10-16-9-12(2)15-8-13(16)3/h4-7,12-13,15H,8-10H2,1-3H3/t12-,13-/m1/s1. The highest BCUT2D eigenvalue weighted by molar-refractivity contribution is 5.25. The fourth-order valence-corrected chi connectivity index (χ4v) is 2.32. The summed E-state index contributed by atoms with van der Waals surface area (Å²) in [5.74, 6) is 0. The van der Waals surface area contributed by atoms with Gasteiger partial charge in [-0.3, -0.25) is 4.90 Å². The van der Waals surface area contributed by atoms with Crippen LogP contribution in [0.2, 0.25) is 0 Å². The smallest absolute Gasteiger partial charge is 0.0240 e. The minimum absolute atomic E-state index is 0.611. The Morgan fingerprint density at radius 2 is 2.06 bits per heavy atom. The van der Waals surface area contributed by atoms with Crippen molar-refractivity contribution in [3.63, 3.8) is 0 Å². The molecule has 0 aliphatic carbocycles. The molecule has 0 spiro atoms. The van der Waals surface area contributed by atoms with Crippen LogP contribution in [0, 0.1) is 6.92 Å². The summed E-state index contributed by atoms with van der Waals surface area (Å²) in [6, 6.07) is 9.94. The number of piperazine rings is 1.